The minimum absolute atomic E-state index is 0.223. The molecule has 2 aliphatic heterocycles. The fourth-order valence-electron chi connectivity index (χ4n) is 5.23. The molecule has 0 bridgehead atoms. The number of anilines is 1. The van der Waals surface area contributed by atoms with Gasteiger partial charge in [-0.15, -0.1) is 0 Å². The van der Waals surface area contributed by atoms with Crippen molar-refractivity contribution in [3.63, 3.8) is 0 Å². The number of para-hydroxylation sites is 2. The van der Waals surface area contributed by atoms with Gasteiger partial charge in [-0.3, -0.25) is 9.36 Å². The average molecular weight is 515 g/mol. The number of ether oxygens (including phenoxy) is 2. The van der Waals surface area contributed by atoms with Gasteiger partial charge >= 0.3 is 0 Å². The number of imidazole rings is 1. The summed E-state index contributed by atoms with van der Waals surface area (Å²) in [6, 6.07) is 8.43. The van der Waals surface area contributed by atoms with Crippen LogP contribution >= 0.6 is 0 Å². The number of fused-ring (bicyclic) bond motifs is 1. The Bertz CT molecular complexity index is 1300. The molecule has 1 aliphatic carbocycles. The molecule has 1 saturated carbocycles. The lowest BCUT2D eigenvalue weighted by Crippen LogP contribution is -2.61. The van der Waals surface area contributed by atoms with Crippen molar-refractivity contribution in [3.05, 3.63) is 36.2 Å². The van der Waals surface area contributed by atoms with E-state index in [1.807, 2.05) is 4.90 Å². The molecule has 37 heavy (non-hydrogen) atoms. The number of morpholine rings is 1. The van der Waals surface area contributed by atoms with E-state index in [1.165, 1.54) is 10.6 Å². The number of hydrogen-bond acceptors (Lipinski definition) is 8. The fourth-order valence-corrected chi connectivity index (χ4v) is 5.23. The van der Waals surface area contributed by atoms with Crippen LogP contribution in [0.2, 0.25) is 0 Å². The number of alkyl halides is 2. The quantitative estimate of drug-likeness (QED) is 0.535. The van der Waals surface area contributed by atoms with Crippen molar-refractivity contribution in [3.8, 4) is 11.7 Å². The molecule has 0 radical (unpaired) electrons. The summed E-state index contributed by atoms with van der Waals surface area (Å²) in [5, 5.41) is 10.6. The van der Waals surface area contributed by atoms with Gasteiger partial charge in [0, 0.05) is 19.2 Å². The lowest BCUT2D eigenvalue weighted by molar-refractivity contribution is -0.159. The Morgan fingerprint density at radius 2 is 1.84 bits per heavy atom. The van der Waals surface area contributed by atoms with E-state index in [2.05, 4.69) is 15.0 Å². The van der Waals surface area contributed by atoms with Gasteiger partial charge in [-0.2, -0.15) is 9.97 Å². The van der Waals surface area contributed by atoms with Crippen LogP contribution in [0.15, 0.2) is 30.3 Å². The Morgan fingerprint density at radius 1 is 1.11 bits per heavy atom. The fraction of sp³-hybridized carbons (Fsp3) is 0.520. The van der Waals surface area contributed by atoms with E-state index in [-0.39, 0.29) is 23.7 Å². The Balaban J connectivity index is 1.30. The Morgan fingerprint density at radius 3 is 2.57 bits per heavy atom. The molecule has 2 aromatic heterocycles. The number of carbonyl (C=O) groups is 1. The molecule has 2 saturated heterocycles. The molecule has 4 heterocycles. The van der Waals surface area contributed by atoms with Gasteiger partial charge in [0.25, 0.3) is 12.3 Å². The van der Waals surface area contributed by atoms with Crippen LogP contribution in [-0.4, -0.2) is 86.5 Å². The first-order chi connectivity index (χ1) is 17.9. The first kappa shape index (κ1) is 24.0. The van der Waals surface area contributed by atoms with Crippen LogP contribution in [0.1, 0.15) is 37.9 Å². The minimum Gasteiger partial charge on any atom is -0.470 e. The van der Waals surface area contributed by atoms with E-state index in [1.54, 1.807) is 29.2 Å². The van der Waals surface area contributed by atoms with Crippen LogP contribution in [-0.2, 0) is 9.53 Å². The van der Waals surface area contributed by atoms with E-state index in [9.17, 15) is 18.7 Å². The van der Waals surface area contributed by atoms with Crippen molar-refractivity contribution in [1.82, 2.24) is 24.4 Å². The second-order valence-electron chi connectivity index (χ2n) is 9.75. The summed E-state index contributed by atoms with van der Waals surface area (Å²) in [4.78, 5) is 29.6. The predicted octanol–water partition coefficient (Wildman–Crippen LogP) is 2.48. The van der Waals surface area contributed by atoms with Gasteiger partial charge in [0.05, 0.1) is 37.3 Å². The van der Waals surface area contributed by atoms with Gasteiger partial charge in [-0.1, -0.05) is 12.1 Å². The summed E-state index contributed by atoms with van der Waals surface area (Å²) >= 11 is 0. The highest BCUT2D eigenvalue weighted by atomic mass is 19.3. The van der Waals surface area contributed by atoms with Crippen LogP contribution in [0, 0.1) is 0 Å². The van der Waals surface area contributed by atoms with Crippen molar-refractivity contribution in [2.24, 2.45) is 0 Å². The highest BCUT2D eigenvalue weighted by molar-refractivity contribution is 5.86. The highest BCUT2D eigenvalue weighted by Gasteiger charge is 2.45. The van der Waals surface area contributed by atoms with Crippen molar-refractivity contribution in [2.45, 2.75) is 43.8 Å². The van der Waals surface area contributed by atoms with Gasteiger partial charge < -0.3 is 24.4 Å². The molecular formula is C25H28F2N6O4. The minimum atomic E-state index is -2.81. The Labute approximate surface area is 211 Å². The van der Waals surface area contributed by atoms with E-state index >= 15 is 0 Å². The molecular weight excluding hydrogens is 486 g/mol. The molecule has 3 fully saturated rings. The standard InChI is InChI=1S/C25H28F2N6O4/c26-21(27)22-28-17-5-1-2-6-18(17)33(22)19-13-20(30-24(29-19)31-9-11-36-12-10-31)37-16-14-32(15-16)23(34)25(35)7-3-4-8-25/h1-2,5-6,13,16,21,35H,3-4,7-12,14-15H2. The molecule has 0 atom stereocenters. The van der Waals surface area contributed by atoms with Gasteiger partial charge in [0.2, 0.25) is 11.8 Å². The monoisotopic (exact) mass is 514 g/mol. The lowest BCUT2D eigenvalue weighted by Gasteiger charge is -2.42. The number of rotatable bonds is 6. The topological polar surface area (TPSA) is 106 Å². The molecule has 1 N–H and O–H groups in total. The molecule has 3 aliphatic rings. The van der Waals surface area contributed by atoms with Crippen LogP contribution in [0.25, 0.3) is 16.9 Å². The van der Waals surface area contributed by atoms with E-state index < -0.39 is 17.9 Å². The summed E-state index contributed by atoms with van der Waals surface area (Å²) < 4.78 is 40.9. The average Bonchev–Trinajstić information content (AvgIpc) is 3.51. The van der Waals surface area contributed by atoms with Crippen molar-refractivity contribution in [2.75, 3.05) is 44.3 Å². The van der Waals surface area contributed by atoms with Gasteiger partial charge in [-0.05, 0) is 37.8 Å². The molecule has 6 rings (SSSR count). The molecule has 10 nitrogen and oxygen atoms in total. The molecule has 3 aromatic rings. The number of likely N-dealkylation sites (tertiary alicyclic amines) is 1. The number of hydrogen-bond donors (Lipinski definition) is 1. The number of nitrogens with zero attached hydrogens (tertiary/aromatic N) is 6. The van der Waals surface area contributed by atoms with Gasteiger partial charge in [0.1, 0.15) is 17.5 Å². The Hall–Kier alpha value is -3.38. The molecule has 1 aromatic carbocycles. The summed E-state index contributed by atoms with van der Waals surface area (Å²) in [7, 11) is 0. The van der Waals surface area contributed by atoms with Crippen LogP contribution < -0.4 is 9.64 Å². The molecule has 12 heteroatoms. The van der Waals surface area contributed by atoms with Crippen LogP contribution in [0.5, 0.6) is 5.88 Å². The number of carbonyl (C=O) groups excluding carboxylic acids is 1. The highest BCUT2D eigenvalue weighted by Crippen LogP contribution is 2.34. The third-order valence-electron chi connectivity index (χ3n) is 7.23. The normalized spacial score (nSPS) is 20.0. The first-order valence-electron chi connectivity index (χ1n) is 12.6. The van der Waals surface area contributed by atoms with E-state index in [0.29, 0.717) is 69.2 Å². The second kappa shape index (κ2) is 9.49. The number of benzene rings is 1. The number of aliphatic hydroxyl groups is 1. The maximum absolute atomic E-state index is 14.0. The number of halogens is 2. The maximum Gasteiger partial charge on any atom is 0.296 e. The molecule has 0 spiro atoms. The van der Waals surface area contributed by atoms with E-state index in [0.717, 1.165) is 12.8 Å². The zero-order chi connectivity index (χ0) is 25.6. The predicted molar refractivity (Wildman–Crippen MR) is 129 cm³/mol. The summed E-state index contributed by atoms with van der Waals surface area (Å²) in [5.41, 5.74) is -0.338. The largest absolute Gasteiger partial charge is 0.470 e. The van der Waals surface area contributed by atoms with E-state index in [4.69, 9.17) is 9.47 Å². The second-order valence-corrected chi connectivity index (χ2v) is 9.75. The summed E-state index contributed by atoms with van der Waals surface area (Å²) in [5.74, 6) is 0.128. The first-order valence-corrected chi connectivity index (χ1v) is 12.6. The van der Waals surface area contributed by atoms with Crippen LogP contribution in [0.4, 0.5) is 14.7 Å². The summed E-state index contributed by atoms with van der Waals surface area (Å²) in [6.07, 6.45) is -0.495. The number of amides is 1. The molecule has 0 unspecified atom stereocenters. The third-order valence-corrected chi connectivity index (χ3v) is 7.23. The maximum atomic E-state index is 14.0. The third kappa shape index (κ3) is 4.48. The molecule has 196 valence electrons. The molecule has 1 amide bonds. The summed E-state index contributed by atoms with van der Waals surface area (Å²) in [6.45, 7) is 2.76. The Kier molecular flexibility index (Phi) is 6.15. The van der Waals surface area contributed by atoms with Crippen molar-refractivity contribution in [1.29, 1.82) is 0 Å². The van der Waals surface area contributed by atoms with Gasteiger partial charge in [0.15, 0.2) is 5.82 Å². The SMILES string of the molecule is O=C(N1CC(Oc2cc(-n3c(C(F)F)nc4ccccc43)nc(N3CCOCC3)n2)C1)C1(O)CCCC1. The van der Waals surface area contributed by atoms with Gasteiger partial charge in [-0.25, -0.2) is 13.8 Å². The number of aromatic nitrogens is 4. The lowest BCUT2D eigenvalue weighted by atomic mass is 9.98. The van der Waals surface area contributed by atoms with Crippen LogP contribution in [0.3, 0.4) is 0 Å². The zero-order valence-electron chi connectivity index (χ0n) is 20.2. The zero-order valence-corrected chi connectivity index (χ0v) is 20.2. The smallest absolute Gasteiger partial charge is 0.296 e. The van der Waals surface area contributed by atoms with Crippen molar-refractivity contribution >= 4 is 22.9 Å². The van der Waals surface area contributed by atoms with Crippen molar-refractivity contribution < 1.29 is 28.2 Å².